The Morgan fingerprint density at radius 2 is 1.91 bits per heavy atom. The zero-order chi connectivity index (χ0) is 22.8. The standard InChI is InChI=1S/C25H20N6O2/c1-3-24(32)29-18-4-6-21-20(13-18)25(28-15-27-21)30-17-5-7-22(16(2)12-17)33-19-8-10-31-11-9-26-23(31)14-19/h3-15H,1H2,2H3,(H,29,32)(H,27,28,30). The highest BCUT2D eigenvalue weighted by Crippen LogP contribution is 2.30. The van der Waals surface area contributed by atoms with E-state index in [1.54, 1.807) is 12.3 Å². The fourth-order valence-corrected chi connectivity index (χ4v) is 3.49. The van der Waals surface area contributed by atoms with Crippen LogP contribution in [0.5, 0.6) is 11.5 Å². The Morgan fingerprint density at radius 3 is 2.76 bits per heavy atom. The molecule has 0 spiro atoms. The lowest BCUT2D eigenvalue weighted by Crippen LogP contribution is -2.07. The normalized spacial score (nSPS) is 10.8. The van der Waals surface area contributed by atoms with Crippen LogP contribution in [0.2, 0.25) is 0 Å². The number of anilines is 3. The molecule has 0 saturated carbocycles. The summed E-state index contributed by atoms with van der Waals surface area (Å²) in [6.07, 6.45) is 8.28. The van der Waals surface area contributed by atoms with Gasteiger partial charge in [0.15, 0.2) is 0 Å². The molecule has 0 atom stereocenters. The second kappa shape index (κ2) is 8.43. The molecule has 2 N–H and O–H groups in total. The average Bonchev–Trinajstić information content (AvgIpc) is 3.29. The number of rotatable bonds is 6. The second-order valence-electron chi connectivity index (χ2n) is 7.41. The van der Waals surface area contributed by atoms with Crippen LogP contribution < -0.4 is 15.4 Å². The first-order chi connectivity index (χ1) is 16.1. The molecule has 0 aliphatic rings. The van der Waals surface area contributed by atoms with E-state index in [0.29, 0.717) is 17.3 Å². The topological polar surface area (TPSA) is 93.4 Å². The number of fused-ring (bicyclic) bond motifs is 2. The van der Waals surface area contributed by atoms with Gasteiger partial charge in [-0.25, -0.2) is 15.0 Å². The van der Waals surface area contributed by atoms with E-state index in [-0.39, 0.29) is 5.91 Å². The van der Waals surface area contributed by atoms with Crippen LogP contribution in [0, 0.1) is 6.92 Å². The van der Waals surface area contributed by atoms with Crippen molar-refractivity contribution in [3.05, 3.63) is 91.7 Å². The van der Waals surface area contributed by atoms with Crippen molar-refractivity contribution in [1.29, 1.82) is 0 Å². The number of benzene rings is 2. The van der Waals surface area contributed by atoms with Crippen molar-refractivity contribution in [2.75, 3.05) is 10.6 Å². The Bertz CT molecular complexity index is 1510. The number of pyridine rings is 1. The lowest BCUT2D eigenvalue weighted by atomic mass is 10.1. The summed E-state index contributed by atoms with van der Waals surface area (Å²) in [4.78, 5) is 24.6. The molecular weight excluding hydrogens is 416 g/mol. The van der Waals surface area contributed by atoms with E-state index >= 15 is 0 Å². The maximum atomic E-state index is 11.7. The number of aromatic nitrogens is 4. The number of carbonyl (C=O) groups is 1. The third-order valence-corrected chi connectivity index (χ3v) is 5.12. The fourth-order valence-electron chi connectivity index (χ4n) is 3.49. The zero-order valence-electron chi connectivity index (χ0n) is 17.8. The molecule has 0 radical (unpaired) electrons. The summed E-state index contributed by atoms with van der Waals surface area (Å²) in [7, 11) is 0. The van der Waals surface area contributed by atoms with Crippen LogP contribution in [-0.2, 0) is 4.79 Å². The summed E-state index contributed by atoms with van der Waals surface area (Å²) >= 11 is 0. The molecule has 5 rings (SSSR count). The van der Waals surface area contributed by atoms with Crippen molar-refractivity contribution in [3.63, 3.8) is 0 Å². The Balaban J connectivity index is 1.40. The minimum absolute atomic E-state index is 0.279. The molecule has 3 heterocycles. The lowest BCUT2D eigenvalue weighted by molar-refractivity contribution is -0.111. The molecular formula is C25H20N6O2. The molecule has 8 nitrogen and oxygen atoms in total. The number of hydrogen-bond acceptors (Lipinski definition) is 6. The van der Waals surface area contributed by atoms with Crippen LogP contribution in [-0.4, -0.2) is 25.3 Å². The highest BCUT2D eigenvalue weighted by Gasteiger charge is 2.09. The van der Waals surface area contributed by atoms with Gasteiger partial charge in [0.1, 0.15) is 29.3 Å². The highest BCUT2D eigenvalue weighted by molar-refractivity contribution is 6.01. The minimum atomic E-state index is -0.279. The molecule has 33 heavy (non-hydrogen) atoms. The molecule has 0 saturated heterocycles. The maximum Gasteiger partial charge on any atom is 0.247 e. The molecule has 0 aliphatic heterocycles. The molecule has 0 fully saturated rings. The Morgan fingerprint density at radius 1 is 1.03 bits per heavy atom. The predicted molar refractivity (Wildman–Crippen MR) is 128 cm³/mol. The van der Waals surface area contributed by atoms with Crippen molar-refractivity contribution in [2.45, 2.75) is 6.92 Å². The van der Waals surface area contributed by atoms with Crippen LogP contribution >= 0.6 is 0 Å². The largest absolute Gasteiger partial charge is 0.457 e. The summed E-state index contributed by atoms with van der Waals surface area (Å²) in [5.41, 5.74) is 4.03. The smallest absolute Gasteiger partial charge is 0.247 e. The molecule has 0 aliphatic carbocycles. The first-order valence-corrected chi connectivity index (χ1v) is 10.3. The molecule has 0 unspecified atom stereocenters. The quantitative estimate of drug-likeness (QED) is 0.353. The summed E-state index contributed by atoms with van der Waals surface area (Å²) in [6, 6.07) is 15.1. The lowest BCUT2D eigenvalue weighted by Gasteiger charge is -2.13. The van der Waals surface area contributed by atoms with Gasteiger partial charge in [-0.3, -0.25) is 4.79 Å². The van der Waals surface area contributed by atoms with Crippen molar-refractivity contribution in [3.8, 4) is 11.5 Å². The molecule has 162 valence electrons. The number of imidazole rings is 1. The van der Waals surface area contributed by atoms with E-state index in [2.05, 4.69) is 32.2 Å². The number of nitrogens with zero attached hydrogens (tertiary/aromatic N) is 4. The van der Waals surface area contributed by atoms with E-state index in [4.69, 9.17) is 4.74 Å². The monoisotopic (exact) mass is 436 g/mol. The molecule has 5 aromatic rings. The number of aryl methyl sites for hydroxylation is 1. The second-order valence-corrected chi connectivity index (χ2v) is 7.41. The van der Waals surface area contributed by atoms with Gasteiger partial charge in [0.25, 0.3) is 0 Å². The van der Waals surface area contributed by atoms with Crippen LogP contribution in [0.25, 0.3) is 16.6 Å². The summed E-state index contributed by atoms with van der Waals surface area (Å²) in [5, 5.41) is 6.89. The van der Waals surface area contributed by atoms with Gasteiger partial charge in [-0.1, -0.05) is 6.58 Å². The SMILES string of the molecule is C=CC(=O)Nc1ccc2ncnc(Nc3ccc(Oc4ccn5ccnc5c4)c(C)c3)c2c1. The molecule has 3 aromatic heterocycles. The highest BCUT2D eigenvalue weighted by atomic mass is 16.5. The molecule has 8 heteroatoms. The van der Waals surface area contributed by atoms with Crippen LogP contribution in [0.3, 0.4) is 0 Å². The summed E-state index contributed by atoms with van der Waals surface area (Å²) in [5.74, 6) is 1.82. The molecule has 1 amide bonds. The first-order valence-electron chi connectivity index (χ1n) is 10.3. The molecule has 2 aromatic carbocycles. The van der Waals surface area contributed by atoms with E-state index in [1.807, 2.05) is 66.2 Å². The van der Waals surface area contributed by atoms with Crippen molar-refractivity contribution >= 4 is 39.6 Å². The van der Waals surface area contributed by atoms with Crippen molar-refractivity contribution in [2.24, 2.45) is 0 Å². The number of hydrogen-bond donors (Lipinski definition) is 2. The van der Waals surface area contributed by atoms with Gasteiger partial charge in [-0.2, -0.15) is 0 Å². The Kier molecular flexibility index (Phi) is 5.16. The number of nitrogens with one attached hydrogen (secondary N) is 2. The zero-order valence-corrected chi connectivity index (χ0v) is 17.8. The first kappa shape index (κ1) is 20.2. The number of ether oxygens (including phenoxy) is 1. The van der Waals surface area contributed by atoms with Gasteiger partial charge in [0.2, 0.25) is 5.91 Å². The van der Waals surface area contributed by atoms with Crippen molar-refractivity contribution < 1.29 is 9.53 Å². The van der Waals surface area contributed by atoms with Gasteiger partial charge in [0.05, 0.1) is 5.52 Å². The van der Waals surface area contributed by atoms with Gasteiger partial charge in [-0.15, -0.1) is 0 Å². The third kappa shape index (κ3) is 4.22. The Hall–Kier alpha value is -4.72. The van der Waals surface area contributed by atoms with Crippen LogP contribution in [0.4, 0.5) is 17.2 Å². The van der Waals surface area contributed by atoms with Gasteiger partial charge >= 0.3 is 0 Å². The van der Waals surface area contributed by atoms with Gasteiger partial charge in [-0.05, 0) is 61.0 Å². The van der Waals surface area contributed by atoms with E-state index in [9.17, 15) is 4.79 Å². The average molecular weight is 436 g/mol. The minimum Gasteiger partial charge on any atom is -0.457 e. The fraction of sp³-hybridized carbons (Fsp3) is 0.0400. The third-order valence-electron chi connectivity index (χ3n) is 5.12. The number of amides is 1. The molecule has 0 bridgehead atoms. The predicted octanol–water partition coefficient (Wildman–Crippen LogP) is 5.25. The number of carbonyl (C=O) groups excluding carboxylic acids is 1. The van der Waals surface area contributed by atoms with Crippen LogP contribution in [0.15, 0.2) is 86.1 Å². The van der Waals surface area contributed by atoms with E-state index in [0.717, 1.165) is 33.6 Å². The van der Waals surface area contributed by atoms with Gasteiger partial charge in [0, 0.05) is 41.4 Å². The van der Waals surface area contributed by atoms with Crippen LogP contribution in [0.1, 0.15) is 5.56 Å². The Labute approximate surface area is 189 Å². The maximum absolute atomic E-state index is 11.7. The van der Waals surface area contributed by atoms with Crippen molar-refractivity contribution in [1.82, 2.24) is 19.4 Å². The summed E-state index contributed by atoms with van der Waals surface area (Å²) in [6.45, 7) is 5.46. The van der Waals surface area contributed by atoms with E-state index in [1.165, 1.54) is 12.4 Å². The summed E-state index contributed by atoms with van der Waals surface area (Å²) < 4.78 is 7.99. The van der Waals surface area contributed by atoms with Gasteiger partial charge < -0.3 is 19.8 Å². The van der Waals surface area contributed by atoms with E-state index < -0.39 is 0 Å².